The smallest absolute Gasteiger partial charge is 0.408 e. The van der Waals surface area contributed by atoms with Crippen LogP contribution in [0, 0.1) is 13.8 Å². The van der Waals surface area contributed by atoms with E-state index < -0.39 is 36.3 Å². The number of nitrogens with one attached hydrogen (secondary N) is 2. The number of rotatable bonds is 12. The molecule has 1 aromatic carbocycles. The van der Waals surface area contributed by atoms with Gasteiger partial charge in [-0.05, 0) is 71.1 Å². The van der Waals surface area contributed by atoms with Crippen molar-refractivity contribution in [2.45, 2.75) is 105 Å². The van der Waals surface area contributed by atoms with E-state index in [1.165, 1.54) is 4.90 Å². The number of carbonyl (C=O) groups excluding carboxylic acids is 3. The van der Waals surface area contributed by atoms with E-state index >= 15 is 0 Å². The molecule has 0 spiro atoms. The lowest BCUT2D eigenvalue weighted by Crippen LogP contribution is -2.56. The first-order chi connectivity index (χ1) is 16.4. The average molecular weight is 492 g/mol. The Kier molecular flexibility index (Phi) is 12.2. The highest BCUT2D eigenvalue weighted by Gasteiger charge is 2.38. The molecule has 0 aliphatic carbocycles. The van der Waals surface area contributed by atoms with Crippen molar-refractivity contribution in [1.82, 2.24) is 15.5 Å². The molecule has 8 heteroatoms. The topological polar surface area (TPSA) is 108 Å². The SMILES string of the molecule is CCCCCNC(=O)C(c1ccc(C)c(C)c1)N(C(=O)C(CO)NC(=O)OC(C)(C)C)C(C)CC. The third-order valence-corrected chi connectivity index (χ3v) is 5.94. The second-order valence-electron chi connectivity index (χ2n) is 10.1. The van der Waals surface area contributed by atoms with Crippen molar-refractivity contribution in [3.8, 4) is 0 Å². The summed E-state index contributed by atoms with van der Waals surface area (Å²) in [5.74, 6) is -0.827. The van der Waals surface area contributed by atoms with E-state index in [0.29, 0.717) is 18.5 Å². The molecular formula is C27H45N3O5. The lowest BCUT2D eigenvalue weighted by Gasteiger charge is -2.38. The molecule has 198 valence electrons. The number of unbranched alkanes of at least 4 members (excludes halogenated alkanes) is 2. The minimum absolute atomic E-state index is 0.285. The predicted octanol–water partition coefficient (Wildman–Crippen LogP) is 4.16. The van der Waals surface area contributed by atoms with Crippen LogP contribution in [0.1, 0.15) is 90.0 Å². The Bertz CT molecular complexity index is 850. The maximum absolute atomic E-state index is 13.7. The van der Waals surface area contributed by atoms with Crippen molar-refractivity contribution >= 4 is 17.9 Å². The first-order valence-corrected chi connectivity index (χ1v) is 12.6. The third kappa shape index (κ3) is 9.51. The molecule has 3 N–H and O–H groups in total. The molecule has 1 rings (SSSR count). The summed E-state index contributed by atoms with van der Waals surface area (Å²) < 4.78 is 5.27. The van der Waals surface area contributed by atoms with Crippen molar-refractivity contribution in [1.29, 1.82) is 0 Å². The summed E-state index contributed by atoms with van der Waals surface area (Å²) >= 11 is 0. The van der Waals surface area contributed by atoms with Crippen molar-refractivity contribution in [2.24, 2.45) is 0 Å². The number of aliphatic hydroxyl groups is 1. The Morgan fingerprint density at radius 1 is 1.09 bits per heavy atom. The van der Waals surface area contributed by atoms with Gasteiger partial charge in [-0.3, -0.25) is 9.59 Å². The molecule has 3 atom stereocenters. The lowest BCUT2D eigenvalue weighted by molar-refractivity contribution is -0.145. The molecule has 0 saturated carbocycles. The van der Waals surface area contributed by atoms with E-state index in [1.54, 1.807) is 20.8 Å². The molecule has 0 bridgehead atoms. The first-order valence-electron chi connectivity index (χ1n) is 12.6. The zero-order chi connectivity index (χ0) is 26.8. The summed E-state index contributed by atoms with van der Waals surface area (Å²) in [6.07, 6.45) is 2.65. The Balaban J connectivity index is 3.40. The predicted molar refractivity (Wildman–Crippen MR) is 138 cm³/mol. The van der Waals surface area contributed by atoms with Crippen LogP contribution in [-0.4, -0.2) is 58.8 Å². The van der Waals surface area contributed by atoms with Gasteiger partial charge in [0.05, 0.1) is 6.61 Å². The molecule has 35 heavy (non-hydrogen) atoms. The summed E-state index contributed by atoms with van der Waals surface area (Å²) in [6.45, 7) is 14.9. The number of amides is 3. The maximum atomic E-state index is 13.7. The molecule has 0 aromatic heterocycles. The minimum atomic E-state index is -1.25. The normalized spacial score (nSPS) is 14.0. The van der Waals surface area contributed by atoms with E-state index in [1.807, 2.05) is 45.9 Å². The molecule has 0 heterocycles. The van der Waals surface area contributed by atoms with Gasteiger partial charge in [-0.15, -0.1) is 0 Å². The third-order valence-electron chi connectivity index (χ3n) is 5.94. The molecule has 0 aliphatic heterocycles. The van der Waals surface area contributed by atoms with Crippen molar-refractivity contribution in [3.63, 3.8) is 0 Å². The molecule has 1 aromatic rings. The maximum Gasteiger partial charge on any atom is 0.408 e. The van der Waals surface area contributed by atoms with Gasteiger partial charge in [-0.25, -0.2) is 4.79 Å². The van der Waals surface area contributed by atoms with Crippen LogP contribution in [-0.2, 0) is 14.3 Å². The molecule has 0 saturated heterocycles. The molecule has 3 unspecified atom stereocenters. The van der Waals surface area contributed by atoms with Crippen molar-refractivity contribution < 1.29 is 24.2 Å². The number of aliphatic hydroxyl groups excluding tert-OH is 1. The summed E-state index contributed by atoms with van der Waals surface area (Å²) in [7, 11) is 0. The Morgan fingerprint density at radius 3 is 2.26 bits per heavy atom. The Morgan fingerprint density at radius 2 is 1.74 bits per heavy atom. The highest BCUT2D eigenvalue weighted by atomic mass is 16.6. The number of benzene rings is 1. The zero-order valence-corrected chi connectivity index (χ0v) is 22.7. The molecule has 0 fully saturated rings. The van der Waals surface area contributed by atoms with Crippen LogP contribution in [0.5, 0.6) is 0 Å². The molecule has 0 radical (unpaired) electrons. The number of alkyl carbamates (subject to hydrolysis) is 1. The number of nitrogens with zero attached hydrogens (tertiary/aromatic N) is 1. The van der Waals surface area contributed by atoms with Gasteiger partial charge in [-0.2, -0.15) is 0 Å². The van der Waals surface area contributed by atoms with Gasteiger partial charge in [0.15, 0.2) is 0 Å². The summed E-state index contributed by atoms with van der Waals surface area (Å²) in [6, 6.07) is 3.22. The van der Waals surface area contributed by atoms with Crippen LogP contribution in [0.25, 0.3) is 0 Å². The number of aryl methyl sites for hydroxylation is 2. The minimum Gasteiger partial charge on any atom is -0.444 e. The Labute approximate surface area is 210 Å². The van der Waals surface area contributed by atoms with E-state index in [0.717, 1.165) is 30.4 Å². The van der Waals surface area contributed by atoms with E-state index in [2.05, 4.69) is 17.6 Å². The standard InChI is InChI=1S/C27H45N3O5/c1-9-11-12-15-28-24(32)23(21-14-13-18(3)19(4)16-21)30(20(5)10-2)25(33)22(17-31)29-26(34)35-27(6,7)8/h13-14,16,20,22-23,31H,9-12,15,17H2,1-8H3,(H,28,32)(H,29,34). The number of hydrogen-bond acceptors (Lipinski definition) is 5. The quantitative estimate of drug-likeness (QED) is 0.381. The van der Waals surface area contributed by atoms with Crippen molar-refractivity contribution in [2.75, 3.05) is 13.2 Å². The van der Waals surface area contributed by atoms with Gasteiger partial charge in [0.1, 0.15) is 17.7 Å². The molecular weight excluding hydrogens is 446 g/mol. The number of hydrogen-bond donors (Lipinski definition) is 3. The van der Waals surface area contributed by atoms with E-state index in [-0.39, 0.29) is 11.9 Å². The second-order valence-corrected chi connectivity index (χ2v) is 10.1. The van der Waals surface area contributed by atoms with Crippen LogP contribution in [0.2, 0.25) is 0 Å². The molecule has 3 amide bonds. The summed E-state index contributed by atoms with van der Waals surface area (Å²) in [4.78, 5) is 41.1. The monoisotopic (exact) mass is 491 g/mol. The van der Waals surface area contributed by atoms with Crippen LogP contribution in [0.15, 0.2) is 18.2 Å². The van der Waals surface area contributed by atoms with Crippen LogP contribution >= 0.6 is 0 Å². The fraction of sp³-hybridized carbons (Fsp3) is 0.667. The number of carbonyl (C=O) groups is 3. The van der Waals surface area contributed by atoms with Crippen LogP contribution < -0.4 is 10.6 Å². The van der Waals surface area contributed by atoms with Gasteiger partial charge in [0, 0.05) is 12.6 Å². The summed E-state index contributed by atoms with van der Waals surface area (Å²) in [5.41, 5.74) is 2.01. The van der Waals surface area contributed by atoms with Gasteiger partial charge in [0.25, 0.3) is 0 Å². The van der Waals surface area contributed by atoms with Crippen LogP contribution in [0.3, 0.4) is 0 Å². The second kappa shape index (κ2) is 14.1. The number of ether oxygens (including phenoxy) is 1. The van der Waals surface area contributed by atoms with E-state index in [9.17, 15) is 19.5 Å². The zero-order valence-electron chi connectivity index (χ0n) is 22.7. The fourth-order valence-electron chi connectivity index (χ4n) is 3.67. The van der Waals surface area contributed by atoms with Gasteiger partial charge >= 0.3 is 6.09 Å². The Hall–Kier alpha value is -2.61. The largest absolute Gasteiger partial charge is 0.444 e. The molecule has 0 aliphatic rings. The highest BCUT2D eigenvalue weighted by Crippen LogP contribution is 2.27. The van der Waals surface area contributed by atoms with Crippen LogP contribution in [0.4, 0.5) is 4.79 Å². The average Bonchev–Trinajstić information content (AvgIpc) is 2.78. The lowest BCUT2D eigenvalue weighted by atomic mass is 9.96. The van der Waals surface area contributed by atoms with Crippen molar-refractivity contribution in [3.05, 3.63) is 34.9 Å². The van der Waals surface area contributed by atoms with Gasteiger partial charge in [0.2, 0.25) is 11.8 Å². The van der Waals surface area contributed by atoms with Gasteiger partial charge in [-0.1, -0.05) is 44.9 Å². The first kappa shape index (κ1) is 30.4. The van der Waals surface area contributed by atoms with Gasteiger partial charge < -0.3 is 25.4 Å². The fourth-order valence-corrected chi connectivity index (χ4v) is 3.67. The van der Waals surface area contributed by atoms with E-state index in [4.69, 9.17) is 4.74 Å². The molecule has 8 nitrogen and oxygen atoms in total. The summed E-state index contributed by atoms with van der Waals surface area (Å²) in [5, 5.41) is 15.5. The highest BCUT2D eigenvalue weighted by molar-refractivity contribution is 5.92.